The third kappa shape index (κ3) is 5.25. The normalized spacial score (nSPS) is 13.5. The van der Waals surface area contributed by atoms with Crippen molar-refractivity contribution in [2.45, 2.75) is 12.8 Å². The second-order valence-electron chi connectivity index (χ2n) is 13.4. The maximum atomic E-state index is 6.61. The van der Waals surface area contributed by atoms with Crippen LogP contribution in [0.25, 0.3) is 71.5 Å². The Bertz CT molecular complexity index is 2960. The summed E-state index contributed by atoms with van der Waals surface area (Å²) in [6.07, 6.45) is 3.76. The Morgan fingerprint density at radius 2 is 1.28 bits per heavy atom. The first-order valence-corrected chi connectivity index (χ1v) is 17.9. The fourth-order valence-electron chi connectivity index (χ4n) is 7.90. The van der Waals surface area contributed by atoms with Crippen molar-refractivity contribution in [3.05, 3.63) is 186 Å². The van der Waals surface area contributed by atoms with Crippen LogP contribution in [0, 0.1) is 0 Å². The van der Waals surface area contributed by atoms with E-state index in [4.69, 9.17) is 19.7 Å². The number of hydrogen-bond donors (Lipinski definition) is 1. The van der Waals surface area contributed by atoms with E-state index in [1.165, 1.54) is 5.56 Å². The largest absolute Gasteiger partial charge is 0.460 e. The Balaban J connectivity index is 1.18. The van der Waals surface area contributed by atoms with Crippen LogP contribution in [-0.4, -0.2) is 11.5 Å². The van der Waals surface area contributed by atoms with E-state index in [0.717, 1.165) is 107 Å². The van der Waals surface area contributed by atoms with E-state index in [9.17, 15) is 0 Å². The molecule has 1 aliphatic carbocycles. The van der Waals surface area contributed by atoms with Gasteiger partial charge in [0.25, 0.3) is 0 Å². The number of rotatable bonds is 5. The minimum Gasteiger partial charge on any atom is -0.460 e. The van der Waals surface area contributed by atoms with Gasteiger partial charge in [0, 0.05) is 44.8 Å². The molecule has 1 aliphatic rings. The lowest BCUT2D eigenvalue weighted by atomic mass is 9.89. The summed E-state index contributed by atoms with van der Waals surface area (Å²) in [4.78, 5) is 5.43. The van der Waals surface area contributed by atoms with Crippen molar-refractivity contribution in [3.8, 4) is 22.3 Å². The van der Waals surface area contributed by atoms with Crippen LogP contribution in [0.4, 0.5) is 0 Å². The van der Waals surface area contributed by atoms with Crippen LogP contribution in [0.5, 0.6) is 0 Å². The predicted octanol–water partition coefficient (Wildman–Crippen LogP) is 12.0. The molecule has 9 aromatic rings. The fraction of sp³-hybridized carbons (Fsp3) is 0.0417. The third-order valence-corrected chi connectivity index (χ3v) is 10.3. The molecule has 10 rings (SSSR count). The number of para-hydroxylation sites is 1. The van der Waals surface area contributed by atoms with E-state index in [1.54, 1.807) is 0 Å². The Morgan fingerprint density at radius 3 is 2.17 bits per heavy atom. The number of aliphatic imine (C=N–C) groups is 1. The average molecular weight is 684 g/mol. The molecule has 2 aromatic heterocycles. The number of hydrazone groups is 1. The lowest BCUT2D eigenvalue weighted by Gasteiger charge is -2.16. The SMILES string of the molecule is N/N=C(\N=C(c1ccc2ccccc2c1)c1cccc2oc3ccccc3c12)C1=CCCc2oc3cccc(-c4cccc(-c5ccccc5)c4)c3c21. The van der Waals surface area contributed by atoms with Gasteiger partial charge in [0.15, 0.2) is 5.84 Å². The molecule has 0 unspecified atom stereocenters. The van der Waals surface area contributed by atoms with Crippen LogP contribution >= 0.6 is 0 Å². The van der Waals surface area contributed by atoms with Gasteiger partial charge in [-0.15, -0.1) is 0 Å². The first-order chi connectivity index (χ1) is 26.2. The number of nitrogens with two attached hydrogens (primary N) is 1. The molecule has 0 amide bonds. The lowest BCUT2D eigenvalue weighted by molar-refractivity contribution is 0.546. The van der Waals surface area contributed by atoms with Crippen molar-refractivity contribution in [1.82, 2.24) is 0 Å². The number of benzene rings is 7. The standard InChI is InChI=1S/C48H33N3O2/c49-51-48(39-21-11-25-43-46(39)45-36(19-9-24-42(45)53-43)34-17-8-16-33(28-34)30-12-2-1-3-13-30)50-47(35-27-26-31-14-4-5-15-32(31)29-35)38-20-10-23-41-44(38)37-18-6-7-22-40(37)52-41/h1-10,12-24,26-29H,11,25,49H2/b50-47?,51-48-. The first-order valence-electron chi connectivity index (χ1n) is 17.9. The van der Waals surface area contributed by atoms with Crippen LogP contribution < -0.4 is 5.84 Å². The number of aryl methyl sites for hydroxylation is 1. The summed E-state index contributed by atoms with van der Waals surface area (Å²) in [7, 11) is 0. The maximum absolute atomic E-state index is 6.61. The van der Waals surface area contributed by atoms with Crippen molar-refractivity contribution in [1.29, 1.82) is 0 Å². The number of amidine groups is 1. The summed E-state index contributed by atoms with van der Waals surface area (Å²) < 4.78 is 13.0. The van der Waals surface area contributed by atoms with Crippen LogP contribution in [-0.2, 0) is 6.42 Å². The van der Waals surface area contributed by atoms with Crippen LogP contribution in [0.3, 0.4) is 0 Å². The Morgan fingerprint density at radius 1 is 0.566 bits per heavy atom. The maximum Gasteiger partial charge on any atom is 0.179 e. The number of hydrogen-bond acceptors (Lipinski definition) is 4. The molecule has 5 nitrogen and oxygen atoms in total. The van der Waals surface area contributed by atoms with E-state index in [2.05, 4.69) is 126 Å². The van der Waals surface area contributed by atoms with Crippen molar-refractivity contribution in [2.75, 3.05) is 0 Å². The molecule has 0 atom stereocenters. The summed E-state index contributed by atoms with van der Waals surface area (Å²) >= 11 is 0. The molecule has 0 fully saturated rings. The summed E-state index contributed by atoms with van der Waals surface area (Å²) in [6.45, 7) is 0. The topological polar surface area (TPSA) is 77.0 Å². The molecular formula is C48H33N3O2. The van der Waals surface area contributed by atoms with E-state index in [0.29, 0.717) is 5.84 Å². The van der Waals surface area contributed by atoms with Crippen LogP contribution in [0.2, 0.25) is 0 Å². The zero-order chi connectivity index (χ0) is 35.3. The minimum atomic E-state index is 0.439. The van der Waals surface area contributed by atoms with Crippen molar-refractivity contribution in [3.63, 3.8) is 0 Å². The highest BCUT2D eigenvalue weighted by atomic mass is 16.3. The summed E-state index contributed by atoms with van der Waals surface area (Å²) in [5, 5.41) is 9.77. The number of furan rings is 2. The summed E-state index contributed by atoms with van der Waals surface area (Å²) in [5.74, 6) is 7.73. The average Bonchev–Trinajstić information content (AvgIpc) is 3.81. The highest BCUT2D eigenvalue weighted by Crippen LogP contribution is 2.43. The zero-order valence-electron chi connectivity index (χ0n) is 28.8. The lowest BCUT2D eigenvalue weighted by Crippen LogP contribution is -2.13. The van der Waals surface area contributed by atoms with Gasteiger partial charge in [0.2, 0.25) is 0 Å². The summed E-state index contributed by atoms with van der Waals surface area (Å²) in [6, 6.07) is 54.5. The van der Waals surface area contributed by atoms with E-state index in [-0.39, 0.29) is 0 Å². The van der Waals surface area contributed by atoms with Crippen LogP contribution in [0.1, 0.15) is 28.9 Å². The smallest absolute Gasteiger partial charge is 0.179 e. The second-order valence-corrected chi connectivity index (χ2v) is 13.4. The van der Waals surface area contributed by atoms with Gasteiger partial charge in [0.1, 0.15) is 22.5 Å². The van der Waals surface area contributed by atoms with Gasteiger partial charge in [-0.05, 0) is 69.8 Å². The van der Waals surface area contributed by atoms with Crippen LogP contribution in [0.15, 0.2) is 183 Å². The first kappa shape index (κ1) is 30.8. The second kappa shape index (κ2) is 12.7. The van der Waals surface area contributed by atoms with E-state index < -0.39 is 0 Å². The molecule has 53 heavy (non-hydrogen) atoms. The quantitative estimate of drug-likeness (QED) is 0.0849. The summed E-state index contributed by atoms with van der Waals surface area (Å²) in [5.41, 5.74) is 11.5. The molecule has 0 bridgehead atoms. The minimum absolute atomic E-state index is 0.439. The highest BCUT2D eigenvalue weighted by molar-refractivity contribution is 6.34. The van der Waals surface area contributed by atoms with Gasteiger partial charge in [-0.25, -0.2) is 4.99 Å². The van der Waals surface area contributed by atoms with Crippen molar-refractivity contribution in [2.24, 2.45) is 15.9 Å². The molecule has 252 valence electrons. The highest BCUT2D eigenvalue weighted by Gasteiger charge is 2.27. The Labute approximate surface area is 306 Å². The van der Waals surface area contributed by atoms with E-state index >= 15 is 0 Å². The number of allylic oxidation sites excluding steroid dienone is 1. The van der Waals surface area contributed by atoms with Gasteiger partial charge in [-0.2, -0.15) is 5.10 Å². The third-order valence-electron chi connectivity index (χ3n) is 10.3. The van der Waals surface area contributed by atoms with Gasteiger partial charge in [-0.1, -0.05) is 133 Å². The van der Waals surface area contributed by atoms with Crippen molar-refractivity contribution >= 4 is 60.8 Å². The van der Waals surface area contributed by atoms with Gasteiger partial charge < -0.3 is 14.7 Å². The monoisotopic (exact) mass is 683 g/mol. The Kier molecular flexibility index (Phi) is 7.36. The van der Waals surface area contributed by atoms with Gasteiger partial charge in [0.05, 0.1) is 5.71 Å². The number of fused-ring (bicyclic) bond motifs is 7. The van der Waals surface area contributed by atoms with Crippen molar-refractivity contribution < 1.29 is 8.83 Å². The molecule has 0 saturated carbocycles. The number of nitrogens with zero attached hydrogens (tertiary/aromatic N) is 2. The molecule has 2 heterocycles. The zero-order valence-corrected chi connectivity index (χ0v) is 28.8. The molecule has 7 aromatic carbocycles. The predicted molar refractivity (Wildman–Crippen MR) is 218 cm³/mol. The van der Waals surface area contributed by atoms with Gasteiger partial charge >= 0.3 is 0 Å². The molecular weight excluding hydrogens is 651 g/mol. The van der Waals surface area contributed by atoms with E-state index in [1.807, 2.05) is 42.5 Å². The fourth-order valence-corrected chi connectivity index (χ4v) is 7.90. The van der Waals surface area contributed by atoms with Gasteiger partial charge in [-0.3, -0.25) is 0 Å². The molecule has 0 aliphatic heterocycles. The molecule has 5 heteroatoms. The molecule has 2 N–H and O–H groups in total. The molecule has 0 spiro atoms. The molecule has 0 radical (unpaired) electrons. The molecule has 0 saturated heterocycles. The Hall–Kier alpha value is -6.98.